The van der Waals surface area contributed by atoms with Crippen LogP contribution in [0, 0.1) is 5.82 Å². The molecule has 3 rings (SSSR count). The minimum Gasteiger partial charge on any atom is -0.326 e. The van der Waals surface area contributed by atoms with Gasteiger partial charge in [-0.3, -0.25) is 4.79 Å². The van der Waals surface area contributed by atoms with E-state index in [1.807, 2.05) is 12.1 Å². The molecule has 0 aliphatic rings. The van der Waals surface area contributed by atoms with Crippen LogP contribution in [-0.4, -0.2) is 26.1 Å². The second kappa shape index (κ2) is 7.22. The number of benzene rings is 2. The van der Waals surface area contributed by atoms with E-state index in [1.165, 1.54) is 30.8 Å². The van der Waals surface area contributed by atoms with Crippen LogP contribution in [-0.2, 0) is 10.5 Å². The maximum Gasteiger partial charge on any atom is 0.221 e. The zero-order valence-corrected chi connectivity index (χ0v) is 13.6. The predicted molar refractivity (Wildman–Crippen MR) is 89.4 cm³/mol. The van der Waals surface area contributed by atoms with Crippen molar-refractivity contribution >= 4 is 23.4 Å². The van der Waals surface area contributed by atoms with Crippen molar-refractivity contribution in [2.24, 2.45) is 0 Å². The number of carbonyl (C=O) groups excluding carboxylic acids is 1. The summed E-state index contributed by atoms with van der Waals surface area (Å²) in [4.78, 5) is 11.2. The third-order valence-corrected chi connectivity index (χ3v) is 4.12. The van der Waals surface area contributed by atoms with Crippen LogP contribution >= 0.6 is 11.8 Å². The van der Waals surface area contributed by atoms with Gasteiger partial charge in [0.2, 0.25) is 11.1 Å². The molecular weight excluding hydrogens is 329 g/mol. The molecule has 24 heavy (non-hydrogen) atoms. The molecule has 0 saturated carbocycles. The second-order valence-electron chi connectivity index (χ2n) is 5.02. The fourth-order valence-corrected chi connectivity index (χ4v) is 2.92. The van der Waals surface area contributed by atoms with Gasteiger partial charge in [-0.15, -0.1) is 5.10 Å². The maximum atomic E-state index is 12.9. The molecule has 0 atom stereocenters. The second-order valence-corrected chi connectivity index (χ2v) is 5.96. The maximum absolute atomic E-state index is 12.9. The Hall–Kier alpha value is -2.74. The minimum atomic E-state index is -0.261. The Morgan fingerprint density at radius 2 is 2.04 bits per heavy atom. The molecule has 0 saturated heterocycles. The Labute approximate surface area is 142 Å². The Morgan fingerprint density at radius 1 is 1.25 bits per heavy atom. The number of tetrazole rings is 1. The zero-order valence-electron chi connectivity index (χ0n) is 12.8. The summed E-state index contributed by atoms with van der Waals surface area (Å²) in [6, 6.07) is 13.6. The van der Waals surface area contributed by atoms with Crippen LogP contribution in [0.3, 0.4) is 0 Å². The van der Waals surface area contributed by atoms with Crippen molar-refractivity contribution < 1.29 is 9.18 Å². The van der Waals surface area contributed by atoms with E-state index in [4.69, 9.17) is 0 Å². The van der Waals surface area contributed by atoms with Crippen LogP contribution < -0.4 is 5.32 Å². The van der Waals surface area contributed by atoms with Gasteiger partial charge in [0, 0.05) is 18.4 Å². The van der Waals surface area contributed by atoms with E-state index in [-0.39, 0.29) is 11.7 Å². The number of thioether (sulfide) groups is 1. The molecule has 6 nitrogen and oxygen atoms in total. The van der Waals surface area contributed by atoms with Gasteiger partial charge in [0.1, 0.15) is 5.82 Å². The summed E-state index contributed by atoms with van der Waals surface area (Å²) in [5.74, 6) is 0.213. The number of aromatic nitrogens is 4. The fraction of sp³-hybridized carbons (Fsp3) is 0.125. The van der Waals surface area contributed by atoms with Gasteiger partial charge in [0.05, 0.1) is 5.69 Å². The van der Waals surface area contributed by atoms with Crippen molar-refractivity contribution in [3.63, 3.8) is 0 Å². The zero-order chi connectivity index (χ0) is 16.9. The Bertz CT molecular complexity index is 850. The SMILES string of the molecule is CC(=O)Nc1cccc(-n2nnnc2SCc2ccc(F)cc2)c1. The minimum absolute atomic E-state index is 0.144. The first-order valence-electron chi connectivity index (χ1n) is 7.15. The number of rotatable bonds is 5. The normalized spacial score (nSPS) is 10.6. The van der Waals surface area contributed by atoms with E-state index in [0.29, 0.717) is 16.6 Å². The Balaban J connectivity index is 1.77. The van der Waals surface area contributed by atoms with Crippen molar-refractivity contribution in [2.75, 3.05) is 5.32 Å². The topological polar surface area (TPSA) is 72.7 Å². The number of anilines is 1. The van der Waals surface area contributed by atoms with Crippen LogP contribution in [0.5, 0.6) is 0 Å². The molecule has 0 spiro atoms. The number of carbonyl (C=O) groups is 1. The molecule has 0 bridgehead atoms. The van der Waals surface area contributed by atoms with Gasteiger partial charge >= 0.3 is 0 Å². The number of amides is 1. The van der Waals surface area contributed by atoms with Gasteiger partial charge < -0.3 is 5.32 Å². The molecule has 3 aromatic rings. The van der Waals surface area contributed by atoms with Gasteiger partial charge in [0.25, 0.3) is 0 Å². The fourth-order valence-electron chi connectivity index (χ4n) is 2.08. The number of halogens is 1. The molecule has 0 fully saturated rings. The van der Waals surface area contributed by atoms with E-state index >= 15 is 0 Å². The van der Waals surface area contributed by atoms with Gasteiger partial charge in [-0.05, 0) is 46.3 Å². The van der Waals surface area contributed by atoms with Crippen molar-refractivity contribution in [3.05, 3.63) is 59.9 Å². The monoisotopic (exact) mass is 343 g/mol. The standard InChI is InChI=1S/C16H14FN5OS/c1-11(23)18-14-3-2-4-15(9-14)22-16(19-20-21-22)24-10-12-5-7-13(17)8-6-12/h2-9H,10H2,1H3,(H,18,23). The number of hydrogen-bond acceptors (Lipinski definition) is 5. The third-order valence-electron chi connectivity index (χ3n) is 3.13. The molecule has 1 aromatic heterocycles. The lowest BCUT2D eigenvalue weighted by molar-refractivity contribution is -0.114. The molecule has 0 aliphatic heterocycles. The molecule has 122 valence electrons. The highest BCUT2D eigenvalue weighted by Crippen LogP contribution is 2.23. The van der Waals surface area contributed by atoms with Crippen LogP contribution in [0.4, 0.5) is 10.1 Å². The van der Waals surface area contributed by atoms with Crippen LogP contribution in [0.25, 0.3) is 5.69 Å². The average Bonchev–Trinajstić information content (AvgIpc) is 3.02. The summed E-state index contributed by atoms with van der Waals surface area (Å²) in [5, 5.41) is 15.1. The van der Waals surface area contributed by atoms with Crippen molar-refractivity contribution in [1.29, 1.82) is 0 Å². The lowest BCUT2D eigenvalue weighted by Gasteiger charge is -2.07. The molecule has 8 heteroatoms. The van der Waals surface area contributed by atoms with E-state index in [2.05, 4.69) is 20.8 Å². The molecular formula is C16H14FN5OS. The first-order chi connectivity index (χ1) is 11.6. The number of hydrogen-bond donors (Lipinski definition) is 1. The van der Waals surface area contributed by atoms with Gasteiger partial charge in [-0.1, -0.05) is 30.0 Å². The Morgan fingerprint density at radius 3 is 2.79 bits per heavy atom. The average molecular weight is 343 g/mol. The lowest BCUT2D eigenvalue weighted by Crippen LogP contribution is -2.07. The highest BCUT2D eigenvalue weighted by molar-refractivity contribution is 7.98. The Kier molecular flexibility index (Phi) is 4.85. The summed E-state index contributed by atoms with van der Waals surface area (Å²) >= 11 is 1.44. The van der Waals surface area contributed by atoms with Gasteiger partial charge in [-0.2, -0.15) is 4.68 Å². The summed E-state index contributed by atoms with van der Waals surface area (Å²) in [5.41, 5.74) is 2.39. The summed E-state index contributed by atoms with van der Waals surface area (Å²) in [6.45, 7) is 1.45. The first kappa shape index (κ1) is 16.1. The van der Waals surface area contributed by atoms with Gasteiger partial charge in [-0.25, -0.2) is 4.39 Å². The summed E-state index contributed by atoms with van der Waals surface area (Å²) in [7, 11) is 0. The van der Waals surface area contributed by atoms with E-state index in [1.54, 1.807) is 28.9 Å². The molecule has 0 radical (unpaired) electrons. The van der Waals surface area contributed by atoms with Crippen molar-refractivity contribution in [3.8, 4) is 5.69 Å². The van der Waals surface area contributed by atoms with Crippen molar-refractivity contribution in [1.82, 2.24) is 20.2 Å². The molecule has 1 heterocycles. The highest BCUT2D eigenvalue weighted by atomic mass is 32.2. The number of nitrogens with one attached hydrogen (secondary N) is 1. The molecule has 2 aromatic carbocycles. The van der Waals surface area contributed by atoms with Crippen LogP contribution in [0.15, 0.2) is 53.7 Å². The first-order valence-corrected chi connectivity index (χ1v) is 8.14. The summed E-state index contributed by atoms with van der Waals surface area (Å²) in [6.07, 6.45) is 0. The van der Waals surface area contributed by atoms with Crippen molar-refractivity contribution in [2.45, 2.75) is 17.8 Å². The largest absolute Gasteiger partial charge is 0.326 e. The lowest BCUT2D eigenvalue weighted by atomic mass is 10.2. The molecule has 0 unspecified atom stereocenters. The van der Waals surface area contributed by atoms with Gasteiger partial charge in [0.15, 0.2) is 0 Å². The molecule has 1 N–H and O–H groups in total. The number of nitrogens with zero attached hydrogens (tertiary/aromatic N) is 4. The predicted octanol–water partition coefficient (Wildman–Crippen LogP) is 3.05. The van der Waals surface area contributed by atoms with E-state index in [9.17, 15) is 9.18 Å². The van der Waals surface area contributed by atoms with E-state index in [0.717, 1.165) is 11.3 Å². The van der Waals surface area contributed by atoms with Crippen LogP contribution in [0.1, 0.15) is 12.5 Å². The summed E-state index contributed by atoms with van der Waals surface area (Å²) < 4.78 is 14.5. The highest BCUT2D eigenvalue weighted by Gasteiger charge is 2.10. The quantitative estimate of drug-likeness (QED) is 0.721. The molecule has 1 amide bonds. The van der Waals surface area contributed by atoms with Crippen LogP contribution in [0.2, 0.25) is 0 Å². The van der Waals surface area contributed by atoms with E-state index < -0.39 is 0 Å². The molecule has 0 aliphatic carbocycles. The smallest absolute Gasteiger partial charge is 0.221 e. The third kappa shape index (κ3) is 3.96.